The van der Waals surface area contributed by atoms with E-state index in [0.717, 1.165) is 31.5 Å². The number of fused-ring (bicyclic) bond motifs is 6. The minimum Gasteiger partial charge on any atom is -0.303 e. The maximum atomic E-state index is 14.1. The van der Waals surface area contributed by atoms with E-state index in [-0.39, 0.29) is 34.4 Å². The van der Waals surface area contributed by atoms with Crippen LogP contribution in [0, 0.1) is 56.7 Å². The van der Waals surface area contributed by atoms with E-state index in [2.05, 4.69) is 34.6 Å². The summed E-state index contributed by atoms with van der Waals surface area (Å²) in [5.41, 5.74) is -0.134. The highest BCUT2D eigenvalue weighted by Crippen LogP contribution is 2.73. The first kappa shape index (κ1) is 22.8. The third kappa shape index (κ3) is 2.81. The fraction of sp³-hybridized carbons (Fsp3) is 0.897. The molecule has 3 nitrogen and oxygen atoms in total. The molecule has 5 rings (SSSR count). The number of carbonyl (C=O) groups is 3. The van der Waals surface area contributed by atoms with Crippen molar-refractivity contribution >= 4 is 17.9 Å². The zero-order valence-corrected chi connectivity index (χ0v) is 21.3. The lowest BCUT2D eigenvalue weighted by atomic mass is 9.34. The van der Waals surface area contributed by atoms with Crippen LogP contribution in [0.3, 0.4) is 0 Å². The molecule has 0 N–H and O–H groups in total. The quantitative estimate of drug-likeness (QED) is 0.442. The number of ketones is 2. The van der Waals surface area contributed by atoms with Crippen molar-refractivity contribution in [3.63, 3.8) is 0 Å². The van der Waals surface area contributed by atoms with Gasteiger partial charge in [0.2, 0.25) is 0 Å². The van der Waals surface area contributed by atoms with E-state index in [1.165, 1.54) is 32.1 Å². The summed E-state index contributed by atoms with van der Waals surface area (Å²) in [7, 11) is 0. The van der Waals surface area contributed by atoms with Crippen molar-refractivity contribution < 1.29 is 14.4 Å². The van der Waals surface area contributed by atoms with Crippen LogP contribution in [-0.4, -0.2) is 17.9 Å². The van der Waals surface area contributed by atoms with E-state index in [9.17, 15) is 14.4 Å². The van der Waals surface area contributed by atoms with Crippen molar-refractivity contribution in [3.8, 4) is 0 Å². The van der Waals surface area contributed by atoms with Gasteiger partial charge < -0.3 is 4.79 Å². The molecule has 9 unspecified atom stereocenters. The Hall–Kier alpha value is -0.990. The maximum absolute atomic E-state index is 14.1. The molecule has 5 saturated carbocycles. The average molecular weight is 441 g/mol. The van der Waals surface area contributed by atoms with Gasteiger partial charge in [-0.25, -0.2) is 0 Å². The van der Waals surface area contributed by atoms with Crippen LogP contribution >= 0.6 is 0 Å². The summed E-state index contributed by atoms with van der Waals surface area (Å²) in [5, 5.41) is 0. The normalized spacial score (nSPS) is 54.6. The lowest BCUT2D eigenvalue weighted by Crippen LogP contribution is -2.67. The van der Waals surface area contributed by atoms with Gasteiger partial charge in [0.05, 0.1) is 0 Å². The molecular formula is C29H44O3. The van der Waals surface area contributed by atoms with Crippen LogP contribution in [0.5, 0.6) is 0 Å². The predicted octanol–water partition coefficient (Wildman–Crippen LogP) is 6.42. The first-order valence-corrected chi connectivity index (χ1v) is 13.3. The molecule has 0 aliphatic heterocycles. The van der Waals surface area contributed by atoms with Crippen molar-refractivity contribution in [2.45, 2.75) is 106 Å². The molecule has 5 aliphatic rings. The fourth-order valence-corrected chi connectivity index (χ4v) is 10.6. The van der Waals surface area contributed by atoms with Gasteiger partial charge in [0.1, 0.15) is 17.9 Å². The Balaban J connectivity index is 1.55. The van der Waals surface area contributed by atoms with Crippen LogP contribution < -0.4 is 0 Å². The zero-order chi connectivity index (χ0) is 23.3. The lowest BCUT2D eigenvalue weighted by molar-refractivity contribution is -0.209. The Morgan fingerprint density at radius 1 is 0.875 bits per heavy atom. The number of hydrogen-bond donors (Lipinski definition) is 0. The van der Waals surface area contributed by atoms with Crippen LogP contribution in [0.1, 0.15) is 106 Å². The highest BCUT2D eigenvalue weighted by molar-refractivity contribution is 5.93. The summed E-state index contributed by atoms with van der Waals surface area (Å²) < 4.78 is 0. The van der Waals surface area contributed by atoms with Gasteiger partial charge in [0, 0.05) is 30.1 Å². The molecule has 0 saturated heterocycles. The Morgan fingerprint density at radius 3 is 2.28 bits per heavy atom. The molecule has 0 heterocycles. The zero-order valence-electron chi connectivity index (χ0n) is 21.3. The van der Waals surface area contributed by atoms with Crippen LogP contribution in [-0.2, 0) is 14.4 Å². The third-order valence-electron chi connectivity index (χ3n) is 12.2. The van der Waals surface area contributed by atoms with Gasteiger partial charge >= 0.3 is 0 Å². The van der Waals surface area contributed by atoms with Crippen LogP contribution in [0.25, 0.3) is 0 Å². The van der Waals surface area contributed by atoms with Crippen LogP contribution in [0.15, 0.2) is 0 Å². The van der Waals surface area contributed by atoms with Crippen LogP contribution in [0.4, 0.5) is 0 Å². The first-order valence-electron chi connectivity index (χ1n) is 13.3. The maximum Gasteiger partial charge on any atom is 0.138 e. The monoisotopic (exact) mass is 440 g/mol. The van der Waals surface area contributed by atoms with Gasteiger partial charge in [0.15, 0.2) is 0 Å². The molecule has 0 radical (unpaired) electrons. The second kappa shape index (κ2) is 6.79. The number of Topliss-reactive ketones (excluding diaryl/α,β-unsaturated/α-hetero) is 2. The second-order valence-electron chi connectivity index (χ2n) is 14.5. The molecule has 0 amide bonds. The molecule has 0 aromatic rings. The molecule has 0 spiro atoms. The summed E-state index contributed by atoms with van der Waals surface area (Å²) in [6.07, 6.45) is 11.2. The summed E-state index contributed by atoms with van der Waals surface area (Å²) in [5.74, 6) is 1.75. The molecule has 5 fully saturated rings. The molecule has 178 valence electrons. The number of rotatable bonds is 1. The summed E-state index contributed by atoms with van der Waals surface area (Å²) in [6.45, 7) is 14.1. The Kier molecular flexibility index (Phi) is 4.83. The minimum absolute atomic E-state index is 0.0244. The van der Waals surface area contributed by atoms with Crippen molar-refractivity contribution in [3.05, 3.63) is 0 Å². The molecule has 5 aliphatic carbocycles. The SMILES string of the molecule is CC1C(=O)CCC2C3(C)CCC4CC5CC(C)(C)CCC5(C)CC4(C)C3C(=O)CC12C=O. The Morgan fingerprint density at radius 2 is 1.59 bits per heavy atom. The minimum atomic E-state index is -0.767. The smallest absolute Gasteiger partial charge is 0.138 e. The Bertz CT molecular complexity index is 858. The van der Waals surface area contributed by atoms with Crippen molar-refractivity contribution in [1.82, 2.24) is 0 Å². The third-order valence-corrected chi connectivity index (χ3v) is 12.2. The molecule has 0 bridgehead atoms. The van der Waals surface area contributed by atoms with Gasteiger partial charge in [-0.2, -0.15) is 0 Å². The molecule has 32 heavy (non-hydrogen) atoms. The molecule has 3 heteroatoms. The summed E-state index contributed by atoms with van der Waals surface area (Å²) >= 11 is 0. The highest BCUT2D eigenvalue weighted by atomic mass is 16.1. The van der Waals surface area contributed by atoms with E-state index in [1.807, 2.05) is 6.92 Å². The van der Waals surface area contributed by atoms with E-state index in [0.29, 0.717) is 35.4 Å². The Labute approximate surface area is 194 Å². The first-order chi connectivity index (χ1) is 14.8. The standard InChI is InChI=1S/C29H44O3/c1-18-21(31)7-8-23-27(5)10-9-19-13-20-14-25(2,3)11-12-26(20,4)16-28(19,6)24(27)22(32)15-29(18,23)17-30/h17-20,23-24H,7-16H2,1-6H3. The molecule has 0 aromatic heterocycles. The van der Waals surface area contributed by atoms with Gasteiger partial charge in [-0.1, -0.05) is 41.5 Å². The fourth-order valence-electron chi connectivity index (χ4n) is 10.6. The summed E-state index contributed by atoms with van der Waals surface area (Å²) in [6, 6.07) is 0. The van der Waals surface area contributed by atoms with Gasteiger partial charge in [-0.3, -0.25) is 9.59 Å². The van der Waals surface area contributed by atoms with E-state index < -0.39 is 5.41 Å². The van der Waals surface area contributed by atoms with Gasteiger partial charge in [-0.15, -0.1) is 0 Å². The van der Waals surface area contributed by atoms with E-state index in [4.69, 9.17) is 0 Å². The number of aldehydes is 1. The van der Waals surface area contributed by atoms with Crippen molar-refractivity contribution in [1.29, 1.82) is 0 Å². The van der Waals surface area contributed by atoms with E-state index in [1.54, 1.807) is 0 Å². The lowest BCUT2D eigenvalue weighted by Gasteiger charge is -2.69. The highest BCUT2D eigenvalue weighted by Gasteiger charge is 2.70. The van der Waals surface area contributed by atoms with Gasteiger partial charge in [0.25, 0.3) is 0 Å². The van der Waals surface area contributed by atoms with Crippen molar-refractivity contribution in [2.75, 3.05) is 0 Å². The van der Waals surface area contributed by atoms with Crippen molar-refractivity contribution in [2.24, 2.45) is 56.7 Å². The topological polar surface area (TPSA) is 51.2 Å². The largest absolute Gasteiger partial charge is 0.303 e. The number of hydrogen-bond acceptors (Lipinski definition) is 3. The number of carbonyl (C=O) groups excluding carboxylic acids is 3. The molecule has 0 aromatic carbocycles. The average Bonchev–Trinajstić information content (AvgIpc) is 2.69. The van der Waals surface area contributed by atoms with Gasteiger partial charge in [-0.05, 0) is 90.8 Å². The summed E-state index contributed by atoms with van der Waals surface area (Å²) in [4.78, 5) is 39.3. The van der Waals surface area contributed by atoms with E-state index >= 15 is 0 Å². The molecular weight excluding hydrogens is 396 g/mol. The predicted molar refractivity (Wildman–Crippen MR) is 126 cm³/mol. The second-order valence-corrected chi connectivity index (χ2v) is 14.5. The molecule has 9 atom stereocenters. The van der Waals surface area contributed by atoms with Crippen LogP contribution in [0.2, 0.25) is 0 Å².